The van der Waals surface area contributed by atoms with Gasteiger partial charge in [0.05, 0.1) is 7.11 Å². The number of thiophene rings is 1. The van der Waals surface area contributed by atoms with Crippen molar-refractivity contribution >= 4 is 11.3 Å². The second-order valence-corrected chi connectivity index (χ2v) is 4.96. The van der Waals surface area contributed by atoms with Gasteiger partial charge in [0.2, 0.25) is 0 Å². The number of likely N-dealkylation sites (N-methyl/N-ethyl adjacent to an activating group) is 1. The molecule has 0 bridgehead atoms. The van der Waals surface area contributed by atoms with Crippen LogP contribution in [0.3, 0.4) is 0 Å². The third-order valence-corrected chi connectivity index (χ3v) is 3.71. The van der Waals surface area contributed by atoms with Crippen LogP contribution in [0.1, 0.15) is 24.1 Å². The van der Waals surface area contributed by atoms with Gasteiger partial charge in [-0.05, 0) is 47.0 Å². The molecule has 0 aliphatic rings. The van der Waals surface area contributed by atoms with Crippen LogP contribution in [0.2, 0.25) is 0 Å². The molecule has 0 radical (unpaired) electrons. The van der Waals surface area contributed by atoms with Gasteiger partial charge in [0.15, 0.2) is 0 Å². The summed E-state index contributed by atoms with van der Waals surface area (Å²) in [6, 6.07) is 10.8. The normalized spacial score (nSPS) is 12.3. The first-order chi connectivity index (χ1) is 8.85. The standard InChI is InChI=1S/C15H19NOS/c1-3-16-14(13-8-9-18-11-13)10-12-6-4-5-7-15(12)17-2/h4-9,11,14,16H,3,10H2,1-2H3. The van der Waals surface area contributed by atoms with E-state index in [1.54, 1.807) is 18.4 Å². The zero-order valence-corrected chi connectivity index (χ0v) is 11.7. The Balaban J connectivity index is 2.18. The van der Waals surface area contributed by atoms with Crippen molar-refractivity contribution in [3.63, 3.8) is 0 Å². The Bertz CT molecular complexity index is 467. The molecule has 1 unspecified atom stereocenters. The number of para-hydroxylation sites is 1. The third-order valence-electron chi connectivity index (χ3n) is 3.01. The minimum atomic E-state index is 0.359. The number of ether oxygens (including phenoxy) is 1. The van der Waals surface area contributed by atoms with Crippen LogP contribution >= 0.6 is 11.3 Å². The van der Waals surface area contributed by atoms with Crippen molar-refractivity contribution in [3.05, 3.63) is 52.2 Å². The summed E-state index contributed by atoms with van der Waals surface area (Å²) in [5.41, 5.74) is 2.60. The van der Waals surface area contributed by atoms with Gasteiger partial charge in [0.25, 0.3) is 0 Å². The fraction of sp³-hybridized carbons (Fsp3) is 0.333. The Hall–Kier alpha value is -1.32. The molecule has 0 amide bonds. The van der Waals surface area contributed by atoms with Gasteiger partial charge in [0.1, 0.15) is 5.75 Å². The largest absolute Gasteiger partial charge is 0.496 e. The molecule has 96 valence electrons. The fourth-order valence-corrected chi connectivity index (χ4v) is 2.83. The van der Waals surface area contributed by atoms with E-state index in [0.717, 1.165) is 18.7 Å². The summed E-state index contributed by atoms with van der Waals surface area (Å²) in [6.07, 6.45) is 0.953. The quantitative estimate of drug-likeness (QED) is 0.857. The summed E-state index contributed by atoms with van der Waals surface area (Å²) < 4.78 is 5.42. The van der Waals surface area contributed by atoms with Crippen LogP contribution in [0.5, 0.6) is 5.75 Å². The zero-order valence-electron chi connectivity index (χ0n) is 10.8. The molecule has 0 aliphatic carbocycles. The molecule has 2 rings (SSSR count). The van der Waals surface area contributed by atoms with Gasteiger partial charge >= 0.3 is 0 Å². The molecular weight excluding hydrogens is 242 g/mol. The van der Waals surface area contributed by atoms with Crippen molar-refractivity contribution in [1.29, 1.82) is 0 Å². The van der Waals surface area contributed by atoms with Gasteiger partial charge in [-0.3, -0.25) is 0 Å². The summed E-state index contributed by atoms with van der Waals surface area (Å²) in [5, 5.41) is 7.87. The van der Waals surface area contributed by atoms with Gasteiger partial charge in [0, 0.05) is 6.04 Å². The Morgan fingerprint density at radius 2 is 2.11 bits per heavy atom. The fourth-order valence-electron chi connectivity index (χ4n) is 2.12. The van der Waals surface area contributed by atoms with Crippen LogP contribution in [-0.4, -0.2) is 13.7 Å². The lowest BCUT2D eigenvalue weighted by molar-refractivity contribution is 0.405. The SMILES string of the molecule is CCNC(Cc1ccccc1OC)c1ccsc1. The highest BCUT2D eigenvalue weighted by molar-refractivity contribution is 7.07. The summed E-state index contributed by atoms with van der Waals surface area (Å²) in [5.74, 6) is 0.968. The zero-order chi connectivity index (χ0) is 12.8. The number of nitrogens with one attached hydrogen (secondary N) is 1. The maximum absolute atomic E-state index is 5.42. The third kappa shape index (κ3) is 3.12. The second kappa shape index (κ2) is 6.57. The monoisotopic (exact) mass is 261 g/mol. The van der Waals surface area contributed by atoms with E-state index in [4.69, 9.17) is 4.74 Å². The Morgan fingerprint density at radius 3 is 2.78 bits per heavy atom. The Morgan fingerprint density at radius 1 is 1.28 bits per heavy atom. The summed E-state index contributed by atoms with van der Waals surface area (Å²) in [6.45, 7) is 3.11. The van der Waals surface area contributed by atoms with Crippen molar-refractivity contribution in [2.75, 3.05) is 13.7 Å². The highest BCUT2D eigenvalue weighted by Gasteiger charge is 2.13. The average Bonchev–Trinajstić information content (AvgIpc) is 2.92. The summed E-state index contributed by atoms with van der Waals surface area (Å²) in [4.78, 5) is 0. The molecule has 1 aromatic carbocycles. The van der Waals surface area contributed by atoms with Crippen LogP contribution in [-0.2, 0) is 6.42 Å². The van der Waals surface area contributed by atoms with Gasteiger partial charge in [-0.25, -0.2) is 0 Å². The average molecular weight is 261 g/mol. The molecule has 0 aliphatic heterocycles. The van der Waals surface area contributed by atoms with E-state index in [2.05, 4.69) is 41.2 Å². The minimum Gasteiger partial charge on any atom is -0.496 e. The first kappa shape index (κ1) is 13.1. The van der Waals surface area contributed by atoms with Gasteiger partial charge < -0.3 is 10.1 Å². The lowest BCUT2D eigenvalue weighted by Crippen LogP contribution is -2.22. The number of hydrogen-bond acceptors (Lipinski definition) is 3. The van der Waals surface area contributed by atoms with E-state index in [0.29, 0.717) is 6.04 Å². The van der Waals surface area contributed by atoms with E-state index in [1.807, 2.05) is 12.1 Å². The molecule has 0 spiro atoms. The first-order valence-corrected chi connectivity index (χ1v) is 7.16. The molecule has 18 heavy (non-hydrogen) atoms. The van der Waals surface area contributed by atoms with E-state index >= 15 is 0 Å². The van der Waals surface area contributed by atoms with Crippen LogP contribution in [0.15, 0.2) is 41.1 Å². The molecule has 0 fully saturated rings. The predicted molar refractivity (Wildman–Crippen MR) is 77.4 cm³/mol. The Labute approximate surface area is 113 Å². The van der Waals surface area contributed by atoms with E-state index in [9.17, 15) is 0 Å². The Kier molecular flexibility index (Phi) is 4.79. The number of rotatable bonds is 6. The molecular formula is C15H19NOS. The highest BCUT2D eigenvalue weighted by Crippen LogP contribution is 2.25. The van der Waals surface area contributed by atoms with Gasteiger partial charge in [-0.1, -0.05) is 25.1 Å². The lowest BCUT2D eigenvalue weighted by atomic mass is 10.0. The maximum atomic E-state index is 5.42. The highest BCUT2D eigenvalue weighted by atomic mass is 32.1. The molecule has 1 aromatic heterocycles. The van der Waals surface area contributed by atoms with Crippen molar-refractivity contribution in [2.24, 2.45) is 0 Å². The molecule has 2 aromatic rings. The van der Waals surface area contributed by atoms with E-state index in [-0.39, 0.29) is 0 Å². The topological polar surface area (TPSA) is 21.3 Å². The van der Waals surface area contributed by atoms with Gasteiger partial charge in [-0.15, -0.1) is 0 Å². The smallest absolute Gasteiger partial charge is 0.122 e. The summed E-state index contributed by atoms with van der Waals surface area (Å²) in [7, 11) is 1.73. The summed E-state index contributed by atoms with van der Waals surface area (Å²) >= 11 is 1.74. The van der Waals surface area contributed by atoms with Crippen LogP contribution < -0.4 is 10.1 Å². The second-order valence-electron chi connectivity index (χ2n) is 4.18. The van der Waals surface area contributed by atoms with E-state index in [1.165, 1.54) is 11.1 Å². The van der Waals surface area contributed by atoms with Crippen molar-refractivity contribution in [3.8, 4) is 5.75 Å². The molecule has 0 saturated carbocycles. The van der Waals surface area contributed by atoms with Gasteiger partial charge in [-0.2, -0.15) is 11.3 Å². The lowest BCUT2D eigenvalue weighted by Gasteiger charge is -2.18. The molecule has 3 heteroatoms. The van der Waals surface area contributed by atoms with Crippen molar-refractivity contribution in [1.82, 2.24) is 5.32 Å². The van der Waals surface area contributed by atoms with Crippen LogP contribution in [0.25, 0.3) is 0 Å². The molecule has 0 saturated heterocycles. The minimum absolute atomic E-state index is 0.359. The predicted octanol–water partition coefficient (Wildman–Crippen LogP) is 3.65. The van der Waals surface area contributed by atoms with E-state index < -0.39 is 0 Å². The molecule has 1 N–H and O–H groups in total. The first-order valence-electron chi connectivity index (χ1n) is 6.22. The molecule has 1 heterocycles. The number of benzene rings is 1. The molecule has 2 nitrogen and oxygen atoms in total. The van der Waals surface area contributed by atoms with Crippen molar-refractivity contribution < 1.29 is 4.74 Å². The van der Waals surface area contributed by atoms with Crippen molar-refractivity contribution in [2.45, 2.75) is 19.4 Å². The maximum Gasteiger partial charge on any atom is 0.122 e. The number of hydrogen-bond donors (Lipinski definition) is 1. The molecule has 1 atom stereocenters. The van der Waals surface area contributed by atoms with Crippen LogP contribution in [0, 0.1) is 0 Å². The number of methoxy groups -OCH3 is 1. The van der Waals surface area contributed by atoms with Crippen LogP contribution in [0.4, 0.5) is 0 Å².